The standard InChI is InChI=1S/C12H19N3O2/c1-8-11(16-2)14-7-15-12(8)17-10-5-3-9(13)4-6-10/h7,9-10H,3-6,13H2,1-2H3. The summed E-state index contributed by atoms with van der Waals surface area (Å²) in [6.45, 7) is 1.91. The molecule has 0 spiro atoms. The zero-order chi connectivity index (χ0) is 12.3. The summed E-state index contributed by atoms with van der Waals surface area (Å²) >= 11 is 0. The number of nitrogens with two attached hydrogens (primary N) is 1. The van der Waals surface area contributed by atoms with Crippen LogP contribution in [0.25, 0.3) is 0 Å². The van der Waals surface area contributed by atoms with Gasteiger partial charge in [0.05, 0.1) is 12.7 Å². The van der Waals surface area contributed by atoms with Crippen LogP contribution in [0.5, 0.6) is 11.8 Å². The van der Waals surface area contributed by atoms with E-state index in [1.54, 1.807) is 7.11 Å². The molecule has 1 heterocycles. The van der Waals surface area contributed by atoms with Gasteiger partial charge in [-0.15, -0.1) is 0 Å². The highest BCUT2D eigenvalue weighted by Gasteiger charge is 2.21. The predicted octanol–water partition coefficient (Wildman–Crippen LogP) is 1.44. The van der Waals surface area contributed by atoms with E-state index in [1.165, 1.54) is 6.33 Å². The van der Waals surface area contributed by atoms with Gasteiger partial charge in [0.25, 0.3) is 0 Å². The molecule has 17 heavy (non-hydrogen) atoms. The first-order chi connectivity index (χ1) is 8.20. The van der Waals surface area contributed by atoms with Crippen LogP contribution in [-0.4, -0.2) is 29.2 Å². The molecule has 0 unspecified atom stereocenters. The maximum absolute atomic E-state index is 5.89. The third kappa shape index (κ3) is 2.85. The summed E-state index contributed by atoms with van der Waals surface area (Å²) in [4.78, 5) is 8.18. The van der Waals surface area contributed by atoms with E-state index in [-0.39, 0.29) is 6.10 Å². The van der Waals surface area contributed by atoms with Gasteiger partial charge in [0.1, 0.15) is 12.4 Å². The second-order valence-electron chi connectivity index (χ2n) is 4.47. The van der Waals surface area contributed by atoms with Gasteiger partial charge in [0, 0.05) is 6.04 Å². The zero-order valence-corrected chi connectivity index (χ0v) is 10.3. The highest BCUT2D eigenvalue weighted by Crippen LogP contribution is 2.26. The SMILES string of the molecule is COc1ncnc(OC2CCC(N)CC2)c1C. The number of nitrogens with zero attached hydrogens (tertiary/aromatic N) is 2. The van der Waals surface area contributed by atoms with Crippen LogP contribution in [0.15, 0.2) is 6.33 Å². The Balaban J connectivity index is 2.03. The fourth-order valence-electron chi connectivity index (χ4n) is 2.11. The summed E-state index contributed by atoms with van der Waals surface area (Å²) in [7, 11) is 1.60. The van der Waals surface area contributed by atoms with E-state index in [9.17, 15) is 0 Å². The van der Waals surface area contributed by atoms with Crippen LogP contribution in [0.1, 0.15) is 31.2 Å². The summed E-state index contributed by atoms with van der Waals surface area (Å²) in [6, 6.07) is 0.330. The number of methoxy groups -OCH3 is 1. The molecule has 94 valence electrons. The molecule has 5 heteroatoms. The predicted molar refractivity (Wildman–Crippen MR) is 64.2 cm³/mol. The minimum Gasteiger partial charge on any atom is -0.481 e. The quantitative estimate of drug-likeness (QED) is 0.861. The Morgan fingerprint density at radius 2 is 1.82 bits per heavy atom. The lowest BCUT2D eigenvalue weighted by Gasteiger charge is -2.26. The second-order valence-corrected chi connectivity index (χ2v) is 4.47. The number of aromatic nitrogens is 2. The molecule has 1 aliphatic rings. The summed E-state index contributed by atoms with van der Waals surface area (Å²) in [5, 5.41) is 0. The lowest BCUT2D eigenvalue weighted by atomic mass is 9.94. The fourth-order valence-corrected chi connectivity index (χ4v) is 2.11. The van der Waals surface area contributed by atoms with E-state index in [2.05, 4.69) is 9.97 Å². The second kappa shape index (κ2) is 5.31. The first kappa shape index (κ1) is 12.1. The van der Waals surface area contributed by atoms with Crippen LogP contribution in [0.3, 0.4) is 0 Å². The van der Waals surface area contributed by atoms with Crippen molar-refractivity contribution in [2.45, 2.75) is 44.8 Å². The highest BCUT2D eigenvalue weighted by atomic mass is 16.5. The zero-order valence-electron chi connectivity index (χ0n) is 10.3. The van der Waals surface area contributed by atoms with Crippen LogP contribution in [-0.2, 0) is 0 Å². The first-order valence-electron chi connectivity index (χ1n) is 5.98. The minimum absolute atomic E-state index is 0.216. The Hall–Kier alpha value is -1.36. The van der Waals surface area contributed by atoms with Gasteiger partial charge >= 0.3 is 0 Å². The molecule has 1 aromatic rings. The number of ether oxygens (including phenoxy) is 2. The largest absolute Gasteiger partial charge is 0.481 e. The van der Waals surface area contributed by atoms with Crippen molar-refractivity contribution in [3.05, 3.63) is 11.9 Å². The summed E-state index contributed by atoms with van der Waals surface area (Å²) < 4.78 is 11.0. The van der Waals surface area contributed by atoms with Crippen molar-refractivity contribution in [1.82, 2.24) is 9.97 Å². The van der Waals surface area contributed by atoms with Gasteiger partial charge in [-0.1, -0.05) is 0 Å². The molecular formula is C12H19N3O2. The summed E-state index contributed by atoms with van der Waals surface area (Å²) in [5.74, 6) is 1.19. The third-order valence-electron chi connectivity index (χ3n) is 3.18. The van der Waals surface area contributed by atoms with Crippen molar-refractivity contribution in [2.24, 2.45) is 5.73 Å². The van der Waals surface area contributed by atoms with Crippen LogP contribution in [0, 0.1) is 6.92 Å². The minimum atomic E-state index is 0.216. The fraction of sp³-hybridized carbons (Fsp3) is 0.667. The topological polar surface area (TPSA) is 70.3 Å². The molecule has 1 fully saturated rings. The van der Waals surface area contributed by atoms with Crippen molar-refractivity contribution >= 4 is 0 Å². The number of rotatable bonds is 3. The third-order valence-corrected chi connectivity index (χ3v) is 3.18. The number of hydrogen-bond donors (Lipinski definition) is 1. The first-order valence-corrected chi connectivity index (χ1v) is 5.98. The Labute approximate surface area is 101 Å². The Bertz CT molecular complexity index is 376. The maximum Gasteiger partial charge on any atom is 0.223 e. The van der Waals surface area contributed by atoms with Crippen LogP contribution in [0.4, 0.5) is 0 Å². The smallest absolute Gasteiger partial charge is 0.223 e. The molecule has 0 saturated heterocycles. The van der Waals surface area contributed by atoms with E-state index in [1.807, 2.05) is 6.92 Å². The van der Waals surface area contributed by atoms with Gasteiger partial charge in [-0.25, -0.2) is 9.97 Å². The molecule has 0 aliphatic heterocycles. The molecule has 1 aromatic heterocycles. The van der Waals surface area contributed by atoms with Crippen molar-refractivity contribution in [1.29, 1.82) is 0 Å². The van der Waals surface area contributed by atoms with E-state index in [4.69, 9.17) is 15.2 Å². The van der Waals surface area contributed by atoms with Gasteiger partial charge in [0.15, 0.2) is 0 Å². The molecule has 0 radical (unpaired) electrons. The molecule has 0 amide bonds. The molecule has 1 aliphatic carbocycles. The van der Waals surface area contributed by atoms with Crippen LogP contribution >= 0.6 is 0 Å². The molecule has 0 bridgehead atoms. The molecule has 0 aromatic carbocycles. The van der Waals surface area contributed by atoms with E-state index in [0.717, 1.165) is 31.2 Å². The van der Waals surface area contributed by atoms with Gasteiger partial charge in [-0.2, -0.15) is 0 Å². The summed E-state index contributed by atoms with van der Waals surface area (Å²) in [5.41, 5.74) is 6.72. The van der Waals surface area contributed by atoms with E-state index >= 15 is 0 Å². The molecule has 5 nitrogen and oxygen atoms in total. The average Bonchev–Trinajstić information content (AvgIpc) is 2.35. The highest BCUT2D eigenvalue weighted by molar-refractivity contribution is 5.32. The van der Waals surface area contributed by atoms with Gasteiger partial charge < -0.3 is 15.2 Å². The van der Waals surface area contributed by atoms with Crippen molar-refractivity contribution in [2.75, 3.05) is 7.11 Å². The van der Waals surface area contributed by atoms with E-state index < -0.39 is 0 Å². The van der Waals surface area contributed by atoms with Crippen LogP contribution in [0.2, 0.25) is 0 Å². The van der Waals surface area contributed by atoms with Crippen LogP contribution < -0.4 is 15.2 Å². The van der Waals surface area contributed by atoms with Crippen molar-refractivity contribution in [3.8, 4) is 11.8 Å². The van der Waals surface area contributed by atoms with Crippen molar-refractivity contribution in [3.63, 3.8) is 0 Å². The maximum atomic E-state index is 5.89. The Morgan fingerprint density at radius 1 is 1.18 bits per heavy atom. The van der Waals surface area contributed by atoms with Crippen molar-refractivity contribution < 1.29 is 9.47 Å². The molecule has 2 rings (SSSR count). The molecular weight excluding hydrogens is 218 g/mol. The Morgan fingerprint density at radius 3 is 2.47 bits per heavy atom. The normalized spacial score (nSPS) is 24.4. The number of hydrogen-bond acceptors (Lipinski definition) is 5. The monoisotopic (exact) mass is 237 g/mol. The van der Waals surface area contributed by atoms with Gasteiger partial charge in [0.2, 0.25) is 11.8 Å². The lowest BCUT2D eigenvalue weighted by molar-refractivity contribution is 0.139. The average molecular weight is 237 g/mol. The summed E-state index contributed by atoms with van der Waals surface area (Å²) in [6.07, 6.45) is 5.71. The Kier molecular flexibility index (Phi) is 3.78. The van der Waals surface area contributed by atoms with E-state index in [0.29, 0.717) is 17.8 Å². The molecule has 2 N–H and O–H groups in total. The van der Waals surface area contributed by atoms with Gasteiger partial charge in [-0.3, -0.25) is 0 Å². The lowest BCUT2D eigenvalue weighted by Crippen LogP contribution is -2.32. The molecule has 1 saturated carbocycles. The molecule has 0 atom stereocenters. The van der Waals surface area contributed by atoms with Gasteiger partial charge in [-0.05, 0) is 32.6 Å².